The highest BCUT2D eigenvalue weighted by Gasteiger charge is 1.98. The molecule has 0 fully saturated rings. The van der Waals surface area contributed by atoms with Gasteiger partial charge in [-0.1, -0.05) is 6.07 Å². The number of pyridine rings is 1. The van der Waals surface area contributed by atoms with Crippen LogP contribution in [0.5, 0.6) is 0 Å². The largest absolute Gasteiger partial charge is 0.319 e. The van der Waals surface area contributed by atoms with Gasteiger partial charge in [-0.25, -0.2) is 4.52 Å². The Bertz CT molecular complexity index is 431. The molecule has 0 spiro atoms. The van der Waals surface area contributed by atoms with E-state index in [2.05, 4.69) is 34.8 Å². The zero-order valence-corrected chi connectivity index (χ0v) is 8.62. The van der Waals surface area contributed by atoms with Gasteiger partial charge in [-0.05, 0) is 44.6 Å². The lowest BCUT2D eigenvalue weighted by Crippen LogP contribution is -2.10. The van der Waals surface area contributed by atoms with Crippen LogP contribution < -0.4 is 5.32 Å². The van der Waals surface area contributed by atoms with Gasteiger partial charge < -0.3 is 5.32 Å². The number of aryl methyl sites for hydroxylation is 1. The van der Waals surface area contributed by atoms with E-state index in [1.54, 1.807) is 0 Å². The molecule has 14 heavy (non-hydrogen) atoms. The molecule has 1 N–H and O–H groups in total. The van der Waals surface area contributed by atoms with Crippen LogP contribution in [0.25, 0.3) is 5.52 Å². The molecule has 3 heteroatoms. The molecule has 74 valence electrons. The molecule has 0 unspecified atom stereocenters. The van der Waals surface area contributed by atoms with E-state index in [4.69, 9.17) is 0 Å². The molecular weight excluding hydrogens is 174 g/mol. The third kappa shape index (κ3) is 1.77. The molecule has 2 rings (SSSR count). The van der Waals surface area contributed by atoms with Gasteiger partial charge in [0.2, 0.25) is 0 Å². The van der Waals surface area contributed by atoms with Crippen LogP contribution in [0, 0.1) is 6.92 Å². The zero-order chi connectivity index (χ0) is 9.97. The van der Waals surface area contributed by atoms with E-state index in [1.807, 2.05) is 18.5 Å². The quantitative estimate of drug-likeness (QED) is 0.791. The van der Waals surface area contributed by atoms with Crippen molar-refractivity contribution in [3.8, 4) is 0 Å². The number of hydrogen-bond acceptors (Lipinski definition) is 2. The van der Waals surface area contributed by atoms with Crippen molar-refractivity contribution in [1.29, 1.82) is 0 Å². The van der Waals surface area contributed by atoms with Crippen LogP contribution in [0.3, 0.4) is 0 Å². The van der Waals surface area contributed by atoms with Crippen molar-refractivity contribution in [2.75, 3.05) is 13.6 Å². The first kappa shape index (κ1) is 9.21. The fraction of sp³-hybridized carbons (Fsp3) is 0.364. The SMILES string of the molecule is CNCCc1ccc2cc(C)nn2c1. The van der Waals surface area contributed by atoms with Gasteiger partial charge in [0, 0.05) is 6.20 Å². The van der Waals surface area contributed by atoms with Crippen molar-refractivity contribution in [1.82, 2.24) is 14.9 Å². The molecule has 0 saturated heterocycles. The summed E-state index contributed by atoms with van der Waals surface area (Å²) in [6, 6.07) is 6.36. The molecule has 0 bridgehead atoms. The average molecular weight is 189 g/mol. The molecule has 0 saturated carbocycles. The van der Waals surface area contributed by atoms with Gasteiger partial charge in [0.15, 0.2) is 0 Å². The van der Waals surface area contributed by atoms with Crippen molar-refractivity contribution < 1.29 is 0 Å². The fourth-order valence-electron chi connectivity index (χ4n) is 1.57. The van der Waals surface area contributed by atoms with Gasteiger partial charge in [-0.2, -0.15) is 5.10 Å². The minimum Gasteiger partial charge on any atom is -0.319 e. The summed E-state index contributed by atoms with van der Waals surface area (Å²) in [5.74, 6) is 0. The number of hydrogen-bond donors (Lipinski definition) is 1. The zero-order valence-electron chi connectivity index (χ0n) is 8.62. The summed E-state index contributed by atoms with van der Waals surface area (Å²) in [5.41, 5.74) is 3.54. The average Bonchev–Trinajstić information content (AvgIpc) is 2.54. The minimum atomic E-state index is 1.01. The van der Waals surface area contributed by atoms with Crippen LogP contribution in [0.15, 0.2) is 24.4 Å². The van der Waals surface area contributed by atoms with E-state index in [0.29, 0.717) is 0 Å². The first-order chi connectivity index (χ1) is 6.79. The number of nitrogens with zero attached hydrogens (tertiary/aromatic N) is 2. The van der Waals surface area contributed by atoms with Crippen LogP contribution >= 0.6 is 0 Å². The Morgan fingerprint density at radius 3 is 3.07 bits per heavy atom. The maximum absolute atomic E-state index is 4.38. The molecule has 0 aliphatic carbocycles. The number of fused-ring (bicyclic) bond motifs is 1. The first-order valence-electron chi connectivity index (χ1n) is 4.89. The first-order valence-corrected chi connectivity index (χ1v) is 4.89. The Morgan fingerprint density at radius 1 is 1.43 bits per heavy atom. The molecule has 0 aliphatic heterocycles. The maximum Gasteiger partial charge on any atom is 0.0664 e. The maximum atomic E-state index is 4.38. The Morgan fingerprint density at radius 2 is 2.29 bits per heavy atom. The minimum absolute atomic E-state index is 1.01. The Kier molecular flexibility index (Phi) is 2.50. The molecule has 2 heterocycles. The summed E-state index contributed by atoms with van der Waals surface area (Å²) < 4.78 is 1.94. The van der Waals surface area contributed by atoms with Crippen molar-refractivity contribution in [3.63, 3.8) is 0 Å². The highest BCUT2D eigenvalue weighted by atomic mass is 15.2. The number of likely N-dealkylation sites (N-methyl/N-ethyl adjacent to an activating group) is 1. The normalized spacial score (nSPS) is 11.0. The standard InChI is InChI=1S/C11H15N3/c1-9-7-11-4-3-10(5-6-12-2)8-14(11)13-9/h3-4,7-8,12H,5-6H2,1-2H3. The van der Waals surface area contributed by atoms with Crippen LogP contribution in [0.4, 0.5) is 0 Å². The fourth-order valence-corrected chi connectivity index (χ4v) is 1.57. The van der Waals surface area contributed by atoms with E-state index >= 15 is 0 Å². The monoisotopic (exact) mass is 189 g/mol. The van der Waals surface area contributed by atoms with Crippen molar-refractivity contribution in [2.45, 2.75) is 13.3 Å². The smallest absolute Gasteiger partial charge is 0.0664 e. The lowest BCUT2D eigenvalue weighted by Gasteiger charge is -2.01. The Labute approximate surface area is 83.7 Å². The summed E-state index contributed by atoms with van der Waals surface area (Å²) >= 11 is 0. The van der Waals surface area contributed by atoms with E-state index in [9.17, 15) is 0 Å². The van der Waals surface area contributed by atoms with Crippen molar-refractivity contribution in [3.05, 3.63) is 35.7 Å². The van der Waals surface area contributed by atoms with Crippen LogP contribution in [-0.2, 0) is 6.42 Å². The number of rotatable bonds is 3. The van der Waals surface area contributed by atoms with E-state index in [-0.39, 0.29) is 0 Å². The summed E-state index contributed by atoms with van der Waals surface area (Å²) in [6.45, 7) is 3.02. The van der Waals surface area contributed by atoms with E-state index in [1.165, 1.54) is 5.56 Å². The molecule has 2 aromatic heterocycles. The highest BCUT2D eigenvalue weighted by Crippen LogP contribution is 2.08. The second-order valence-corrected chi connectivity index (χ2v) is 3.55. The lowest BCUT2D eigenvalue weighted by atomic mass is 10.2. The van der Waals surface area contributed by atoms with Gasteiger partial charge in [0.25, 0.3) is 0 Å². The van der Waals surface area contributed by atoms with Crippen molar-refractivity contribution >= 4 is 5.52 Å². The molecule has 3 nitrogen and oxygen atoms in total. The predicted molar refractivity (Wildman–Crippen MR) is 57.6 cm³/mol. The van der Waals surface area contributed by atoms with Crippen molar-refractivity contribution in [2.24, 2.45) is 0 Å². The molecule has 0 atom stereocenters. The predicted octanol–water partition coefficient (Wildman–Crippen LogP) is 1.40. The topological polar surface area (TPSA) is 29.3 Å². The van der Waals surface area contributed by atoms with Gasteiger partial charge >= 0.3 is 0 Å². The van der Waals surface area contributed by atoms with Crippen LogP contribution in [0.1, 0.15) is 11.3 Å². The Balaban J connectivity index is 2.31. The summed E-state index contributed by atoms with van der Waals surface area (Å²) in [7, 11) is 1.97. The molecule has 0 aromatic carbocycles. The summed E-state index contributed by atoms with van der Waals surface area (Å²) in [5, 5.41) is 7.52. The Hall–Kier alpha value is -1.35. The third-order valence-corrected chi connectivity index (χ3v) is 2.31. The number of aromatic nitrogens is 2. The van der Waals surface area contributed by atoms with Gasteiger partial charge in [-0.3, -0.25) is 0 Å². The molecule has 0 radical (unpaired) electrons. The lowest BCUT2D eigenvalue weighted by molar-refractivity contribution is 0.783. The summed E-state index contributed by atoms with van der Waals surface area (Å²) in [4.78, 5) is 0. The van der Waals surface area contributed by atoms with Gasteiger partial charge in [-0.15, -0.1) is 0 Å². The van der Waals surface area contributed by atoms with Gasteiger partial charge in [0.1, 0.15) is 0 Å². The molecular formula is C11H15N3. The highest BCUT2D eigenvalue weighted by molar-refractivity contribution is 5.48. The van der Waals surface area contributed by atoms with Crippen LogP contribution in [-0.4, -0.2) is 23.2 Å². The molecule has 2 aromatic rings. The second-order valence-electron chi connectivity index (χ2n) is 3.55. The van der Waals surface area contributed by atoms with E-state index in [0.717, 1.165) is 24.2 Å². The second kappa shape index (κ2) is 3.80. The third-order valence-electron chi connectivity index (χ3n) is 2.31. The summed E-state index contributed by atoms with van der Waals surface area (Å²) in [6.07, 6.45) is 3.14. The van der Waals surface area contributed by atoms with Crippen LogP contribution in [0.2, 0.25) is 0 Å². The van der Waals surface area contributed by atoms with Gasteiger partial charge in [0.05, 0.1) is 11.2 Å². The van der Waals surface area contributed by atoms with E-state index < -0.39 is 0 Å². The molecule has 0 amide bonds. The molecule has 0 aliphatic rings. The number of nitrogens with one attached hydrogen (secondary N) is 1.